The second-order valence-corrected chi connectivity index (χ2v) is 7.63. The lowest BCUT2D eigenvalue weighted by Crippen LogP contribution is -2.34. The van der Waals surface area contributed by atoms with Crippen LogP contribution in [-0.4, -0.2) is 36.7 Å². The number of rotatable bonds is 9. The number of ether oxygens (including phenoxy) is 1. The number of hydrogen-bond donors (Lipinski definition) is 2. The molecule has 1 aliphatic rings. The molecule has 1 heterocycles. The largest absolute Gasteiger partial charge is 0.481 e. The van der Waals surface area contributed by atoms with Crippen molar-refractivity contribution in [3.63, 3.8) is 0 Å². The average molecular weight is 383 g/mol. The maximum Gasteiger partial charge on any atom is 0.308 e. The Kier molecular flexibility index (Phi) is 7.43. The van der Waals surface area contributed by atoms with Crippen molar-refractivity contribution in [2.75, 3.05) is 19.8 Å². The highest BCUT2D eigenvalue weighted by molar-refractivity contribution is 5.86. The molecule has 5 nitrogen and oxygen atoms in total. The summed E-state index contributed by atoms with van der Waals surface area (Å²) < 4.78 is 5.36. The second kappa shape index (κ2) is 10.2. The Morgan fingerprint density at radius 2 is 1.86 bits per heavy atom. The summed E-state index contributed by atoms with van der Waals surface area (Å²) in [6.07, 6.45) is 4.89. The van der Waals surface area contributed by atoms with E-state index in [-0.39, 0.29) is 12.5 Å². The lowest BCUT2D eigenvalue weighted by atomic mass is 9.94. The van der Waals surface area contributed by atoms with E-state index in [9.17, 15) is 14.7 Å². The van der Waals surface area contributed by atoms with Crippen LogP contribution < -0.4 is 5.32 Å². The summed E-state index contributed by atoms with van der Waals surface area (Å²) in [6, 6.07) is 13.9. The first kappa shape index (κ1) is 20.3. The summed E-state index contributed by atoms with van der Waals surface area (Å²) in [5, 5.41) is 14.6. The lowest BCUT2D eigenvalue weighted by molar-refractivity contribution is -0.141. The van der Waals surface area contributed by atoms with E-state index in [1.165, 1.54) is 0 Å². The molecule has 5 heteroatoms. The molecule has 0 aromatic heterocycles. The van der Waals surface area contributed by atoms with E-state index in [1.54, 1.807) is 0 Å². The van der Waals surface area contributed by atoms with Crippen LogP contribution >= 0.6 is 0 Å². The summed E-state index contributed by atoms with van der Waals surface area (Å²) in [7, 11) is 0. The van der Waals surface area contributed by atoms with Crippen LogP contribution in [0.15, 0.2) is 42.5 Å². The van der Waals surface area contributed by atoms with Gasteiger partial charge in [0.15, 0.2) is 0 Å². The van der Waals surface area contributed by atoms with Crippen LogP contribution in [0.2, 0.25) is 0 Å². The fraction of sp³-hybridized carbons (Fsp3) is 0.478. The van der Waals surface area contributed by atoms with Crippen molar-refractivity contribution in [3.05, 3.63) is 48.0 Å². The van der Waals surface area contributed by atoms with Crippen LogP contribution in [-0.2, 0) is 20.7 Å². The first-order valence-corrected chi connectivity index (χ1v) is 10.2. The van der Waals surface area contributed by atoms with Gasteiger partial charge in [0, 0.05) is 26.2 Å². The highest BCUT2D eigenvalue weighted by atomic mass is 16.5. The monoisotopic (exact) mass is 383 g/mol. The standard InChI is InChI=1S/C23H29NO4/c25-22(10-3-5-17-11-13-28-14-12-17)24-16-20(23(26)27)15-19-8-4-7-18-6-1-2-9-21(18)19/h1-2,4,6-9,17,20H,3,5,10-16H2,(H,24,25)(H,26,27). The van der Waals surface area contributed by atoms with E-state index < -0.39 is 11.9 Å². The van der Waals surface area contributed by atoms with Crippen molar-refractivity contribution in [2.45, 2.75) is 38.5 Å². The molecule has 2 aromatic carbocycles. The fourth-order valence-corrected chi connectivity index (χ4v) is 3.89. The smallest absolute Gasteiger partial charge is 0.308 e. The van der Waals surface area contributed by atoms with Crippen LogP contribution in [0.4, 0.5) is 0 Å². The minimum Gasteiger partial charge on any atom is -0.481 e. The van der Waals surface area contributed by atoms with E-state index in [4.69, 9.17) is 4.74 Å². The number of fused-ring (bicyclic) bond motifs is 1. The fourth-order valence-electron chi connectivity index (χ4n) is 3.89. The molecule has 0 aliphatic carbocycles. The van der Waals surface area contributed by atoms with Crippen molar-refractivity contribution >= 4 is 22.6 Å². The molecule has 0 spiro atoms. The Labute approximate surface area is 166 Å². The van der Waals surface area contributed by atoms with Crippen LogP contribution in [0.5, 0.6) is 0 Å². The first-order valence-electron chi connectivity index (χ1n) is 10.2. The van der Waals surface area contributed by atoms with Gasteiger partial charge in [-0.15, -0.1) is 0 Å². The van der Waals surface area contributed by atoms with Crippen molar-refractivity contribution in [2.24, 2.45) is 11.8 Å². The number of benzene rings is 2. The number of amides is 1. The molecule has 3 rings (SSSR count). The maximum atomic E-state index is 12.1. The molecule has 1 fully saturated rings. The third-order valence-corrected chi connectivity index (χ3v) is 5.60. The molecular formula is C23H29NO4. The van der Waals surface area contributed by atoms with Gasteiger partial charge in [0.05, 0.1) is 5.92 Å². The van der Waals surface area contributed by atoms with Crippen molar-refractivity contribution in [1.29, 1.82) is 0 Å². The number of carboxylic acid groups (broad SMARTS) is 1. The Morgan fingerprint density at radius 1 is 1.11 bits per heavy atom. The van der Waals surface area contributed by atoms with Gasteiger partial charge in [0.1, 0.15) is 0 Å². The van der Waals surface area contributed by atoms with Gasteiger partial charge in [-0.25, -0.2) is 0 Å². The molecule has 1 unspecified atom stereocenters. The van der Waals surface area contributed by atoms with Gasteiger partial charge in [-0.3, -0.25) is 9.59 Å². The number of hydrogen-bond acceptors (Lipinski definition) is 3. The number of nitrogens with one attached hydrogen (secondary N) is 1. The molecule has 2 aromatic rings. The topological polar surface area (TPSA) is 75.6 Å². The summed E-state index contributed by atoms with van der Waals surface area (Å²) in [6.45, 7) is 1.81. The summed E-state index contributed by atoms with van der Waals surface area (Å²) in [4.78, 5) is 23.9. The van der Waals surface area contributed by atoms with Gasteiger partial charge >= 0.3 is 5.97 Å². The zero-order chi connectivity index (χ0) is 19.8. The minimum atomic E-state index is -0.879. The van der Waals surface area contributed by atoms with Crippen molar-refractivity contribution < 1.29 is 19.4 Å². The van der Waals surface area contributed by atoms with Gasteiger partial charge in [-0.05, 0) is 54.4 Å². The highest BCUT2D eigenvalue weighted by Crippen LogP contribution is 2.22. The molecule has 1 saturated heterocycles. The van der Waals surface area contributed by atoms with Crippen LogP contribution in [0.3, 0.4) is 0 Å². The second-order valence-electron chi connectivity index (χ2n) is 7.63. The molecule has 2 N–H and O–H groups in total. The molecule has 28 heavy (non-hydrogen) atoms. The maximum absolute atomic E-state index is 12.1. The normalized spacial score (nSPS) is 16.0. The molecule has 0 radical (unpaired) electrons. The lowest BCUT2D eigenvalue weighted by Gasteiger charge is -2.21. The molecule has 1 aliphatic heterocycles. The predicted molar refractivity (Wildman–Crippen MR) is 109 cm³/mol. The van der Waals surface area contributed by atoms with Crippen molar-refractivity contribution in [1.82, 2.24) is 5.32 Å². The quantitative estimate of drug-likeness (QED) is 0.691. The Hall–Kier alpha value is -2.40. The number of carbonyl (C=O) groups is 2. The summed E-state index contributed by atoms with van der Waals surface area (Å²) in [5.74, 6) is -0.920. The minimum absolute atomic E-state index is 0.0590. The van der Waals surface area contributed by atoms with E-state index in [0.717, 1.165) is 55.2 Å². The highest BCUT2D eigenvalue weighted by Gasteiger charge is 2.20. The molecular weight excluding hydrogens is 354 g/mol. The Morgan fingerprint density at radius 3 is 2.64 bits per heavy atom. The zero-order valence-electron chi connectivity index (χ0n) is 16.2. The van der Waals surface area contributed by atoms with Gasteiger partial charge in [0.2, 0.25) is 5.91 Å². The third-order valence-electron chi connectivity index (χ3n) is 5.60. The van der Waals surface area contributed by atoms with Gasteiger partial charge in [0.25, 0.3) is 0 Å². The Balaban J connectivity index is 1.49. The zero-order valence-corrected chi connectivity index (χ0v) is 16.2. The average Bonchev–Trinajstić information content (AvgIpc) is 2.71. The number of carboxylic acids is 1. The summed E-state index contributed by atoms with van der Waals surface area (Å²) in [5.41, 5.74) is 0.999. The predicted octanol–water partition coefficient (Wildman–Crippen LogP) is 3.80. The van der Waals surface area contributed by atoms with E-state index in [0.29, 0.717) is 18.8 Å². The van der Waals surface area contributed by atoms with E-state index >= 15 is 0 Å². The number of aliphatic carboxylic acids is 1. The van der Waals surface area contributed by atoms with E-state index in [1.807, 2.05) is 42.5 Å². The number of carbonyl (C=O) groups excluding carboxylic acids is 1. The summed E-state index contributed by atoms with van der Waals surface area (Å²) >= 11 is 0. The molecule has 150 valence electrons. The molecule has 0 bridgehead atoms. The Bertz CT molecular complexity index is 793. The molecule has 1 atom stereocenters. The van der Waals surface area contributed by atoms with Crippen molar-refractivity contribution in [3.8, 4) is 0 Å². The van der Waals surface area contributed by atoms with Crippen LogP contribution in [0.1, 0.15) is 37.7 Å². The van der Waals surface area contributed by atoms with Crippen LogP contribution in [0, 0.1) is 11.8 Å². The van der Waals surface area contributed by atoms with Crippen LogP contribution in [0.25, 0.3) is 10.8 Å². The van der Waals surface area contributed by atoms with Gasteiger partial charge in [-0.2, -0.15) is 0 Å². The SMILES string of the molecule is O=C(CCCC1CCOCC1)NCC(Cc1cccc2ccccc12)C(=O)O. The molecule has 0 saturated carbocycles. The van der Waals surface area contributed by atoms with Gasteiger partial charge in [-0.1, -0.05) is 42.5 Å². The van der Waals surface area contributed by atoms with E-state index in [2.05, 4.69) is 5.32 Å². The molecule has 1 amide bonds. The van der Waals surface area contributed by atoms with Gasteiger partial charge < -0.3 is 15.2 Å². The first-order chi connectivity index (χ1) is 13.6. The third kappa shape index (κ3) is 5.80.